The van der Waals surface area contributed by atoms with Crippen molar-refractivity contribution < 1.29 is 9.90 Å². The van der Waals surface area contributed by atoms with Crippen LogP contribution in [0, 0.1) is 16.1 Å². The quantitative estimate of drug-likeness (QED) is 0.763. The molecule has 5 nitrogen and oxygen atoms in total. The highest BCUT2D eigenvalue weighted by atomic mass is 32.1. The lowest BCUT2D eigenvalue weighted by Gasteiger charge is -2.22. The van der Waals surface area contributed by atoms with Crippen molar-refractivity contribution in [1.82, 2.24) is 9.55 Å². The van der Waals surface area contributed by atoms with Gasteiger partial charge < -0.3 is 14.7 Å². The molecule has 6 heteroatoms. The highest BCUT2D eigenvalue weighted by Crippen LogP contribution is 2.21. The Bertz CT molecular complexity index is 456. The molecule has 0 radical (unpaired) electrons. The van der Waals surface area contributed by atoms with Gasteiger partial charge in [0.15, 0.2) is 4.77 Å². The number of imidazole rings is 1. The van der Waals surface area contributed by atoms with Gasteiger partial charge in [0.1, 0.15) is 5.54 Å². The number of carboxylic acid groups (broad SMARTS) is 1. The van der Waals surface area contributed by atoms with E-state index in [1.165, 1.54) is 0 Å². The Balaban J connectivity index is 2.97. The monoisotopic (exact) mass is 225 g/mol. The van der Waals surface area contributed by atoms with Crippen LogP contribution in [0.1, 0.15) is 19.8 Å². The van der Waals surface area contributed by atoms with E-state index in [1.807, 2.05) is 0 Å². The van der Waals surface area contributed by atoms with Crippen LogP contribution in [0.5, 0.6) is 0 Å². The van der Waals surface area contributed by atoms with Crippen molar-refractivity contribution in [2.75, 3.05) is 0 Å². The summed E-state index contributed by atoms with van der Waals surface area (Å²) in [6.07, 6.45) is 3.44. The maximum atomic E-state index is 10.5. The normalized spacial score (nSPS) is 14.1. The number of H-pyrrole nitrogens is 1. The summed E-state index contributed by atoms with van der Waals surface area (Å²) in [6.45, 7) is 1.67. The fourth-order valence-electron chi connectivity index (χ4n) is 1.29. The molecule has 0 amide bonds. The molecule has 1 rings (SSSR count). The molecule has 0 saturated heterocycles. The van der Waals surface area contributed by atoms with E-state index in [4.69, 9.17) is 22.6 Å². The van der Waals surface area contributed by atoms with Crippen LogP contribution in [0.2, 0.25) is 0 Å². The van der Waals surface area contributed by atoms with Crippen molar-refractivity contribution in [3.05, 3.63) is 17.2 Å². The van der Waals surface area contributed by atoms with Crippen molar-refractivity contribution in [3.63, 3.8) is 0 Å². The second kappa shape index (κ2) is 4.28. The Hall–Kier alpha value is -1.61. The van der Waals surface area contributed by atoms with Crippen molar-refractivity contribution in [2.45, 2.75) is 25.3 Å². The summed E-state index contributed by atoms with van der Waals surface area (Å²) in [7, 11) is 0. The van der Waals surface area contributed by atoms with E-state index in [9.17, 15) is 4.79 Å². The van der Waals surface area contributed by atoms with Crippen LogP contribution < -0.4 is 0 Å². The van der Waals surface area contributed by atoms with Crippen LogP contribution in [0.4, 0.5) is 0 Å². The molecule has 1 atom stereocenters. The van der Waals surface area contributed by atoms with Crippen molar-refractivity contribution in [3.8, 4) is 6.07 Å². The standard InChI is InChI=1S/C9H11N3O2S/c1-9(6-10,3-2-7(13)14)12-5-4-11-8(12)15/h4-5H,2-3H2,1H3,(H,11,15)(H,13,14). The van der Waals surface area contributed by atoms with E-state index in [-0.39, 0.29) is 12.8 Å². The molecule has 0 saturated carbocycles. The predicted octanol–water partition coefficient (Wildman–Crippen LogP) is 1.65. The van der Waals surface area contributed by atoms with E-state index in [0.717, 1.165) is 0 Å². The van der Waals surface area contributed by atoms with Gasteiger partial charge in [-0.1, -0.05) is 0 Å². The molecule has 1 aromatic rings. The summed E-state index contributed by atoms with van der Waals surface area (Å²) in [6, 6.07) is 2.09. The van der Waals surface area contributed by atoms with Gasteiger partial charge in [-0.3, -0.25) is 4.79 Å². The molecule has 1 heterocycles. The van der Waals surface area contributed by atoms with Gasteiger partial charge in [-0.2, -0.15) is 5.26 Å². The first-order valence-electron chi connectivity index (χ1n) is 4.39. The summed E-state index contributed by atoms with van der Waals surface area (Å²) in [5.74, 6) is -0.918. The topological polar surface area (TPSA) is 81.8 Å². The zero-order valence-corrected chi connectivity index (χ0v) is 9.04. The number of rotatable bonds is 4. The van der Waals surface area contributed by atoms with Crippen molar-refractivity contribution in [2.24, 2.45) is 0 Å². The van der Waals surface area contributed by atoms with Gasteiger partial charge in [-0.25, -0.2) is 0 Å². The Morgan fingerprint density at radius 1 is 1.87 bits per heavy atom. The molecular weight excluding hydrogens is 214 g/mol. The SMILES string of the molecule is CC(C#N)(CCC(=O)O)n1cc[nH]c1=S. The van der Waals surface area contributed by atoms with E-state index in [0.29, 0.717) is 4.77 Å². The van der Waals surface area contributed by atoms with Crippen LogP contribution in [-0.4, -0.2) is 20.6 Å². The van der Waals surface area contributed by atoms with Crippen molar-refractivity contribution >= 4 is 18.2 Å². The minimum atomic E-state index is -0.918. The molecule has 1 aromatic heterocycles. The Morgan fingerprint density at radius 2 is 2.53 bits per heavy atom. The van der Waals surface area contributed by atoms with Gasteiger partial charge in [0.25, 0.3) is 0 Å². The Labute approximate surface area is 92.0 Å². The molecule has 0 aromatic carbocycles. The molecule has 0 spiro atoms. The first-order chi connectivity index (χ1) is 6.99. The molecule has 0 bridgehead atoms. The van der Waals surface area contributed by atoms with Crippen LogP contribution in [0.3, 0.4) is 0 Å². The van der Waals surface area contributed by atoms with Gasteiger partial charge in [-0.15, -0.1) is 0 Å². The van der Waals surface area contributed by atoms with Crippen molar-refractivity contribution in [1.29, 1.82) is 5.26 Å². The zero-order chi connectivity index (χ0) is 11.5. The number of hydrogen-bond donors (Lipinski definition) is 2. The average molecular weight is 225 g/mol. The Kier molecular flexibility index (Phi) is 3.27. The molecule has 2 N–H and O–H groups in total. The lowest BCUT2D eigenvalue weighted by molar-refractivity contribution is -0.137. The van der Waals surface area contributed by atoms with Gasteiger partial charge in [-0.05, 0) is 25.6 Å². The van der Waals surface area contributed by atoms with Gasteiger partial charge in [0, 0.05) is 18.8 Å². The van der Waals surface area contributed by atoms with Crippen LogP contribution in [0.15, 0.2) is 12.4 Å². The molecule has 15 heavy (non-hydrogen) atoms. The smallest absolute Gasteiger partial charge is 0.303 e. The number of carbonyl (C=O) groups is 1. The summed E-state index contributed by atoms with van der Waals surface area (Å²) >= 11 is 4.99. The third kappa shape index (κ3) is 2.44. The summed E-state index contributed by atoms with van der Waals surface area (Å²) < 4.78 is 2.00. The van der Waals surface area contributed by atoms with Gasteiger partial charge in [0.2, 0.25) is 0 Å². The third-order valence-electron chi connectivity index (χ3n) is 2.25. The van der Waals surface area contributed by atoms with Gasteiger partial charge in [0.05, 0.1) is 6.07 Å². The summed E-state index contributed by atoms with van der Waals surface area (Å²) in [5, 5.41) is 17.7. The first kappa shape index (κ1) is 11.5. The summed E-state index contributed by atoms with van der Waals surface area (Å²) in [5.41, 5.74) is -0.907. The number of hydrogen-bond acceptors (Lipinski definition) is 3. The maximum absolute atomic E-state index is 10.5. The maximum Gasteiger partial charge on any atom is 0.303 e. The number of nitrogens with one attached hydrogen (secondary N) is 1. The molecule has 0 fully saturated rings. The Morgan fingerprint density at radius 3 is 2.93 bits per heavy atom. The lowest BCUT2D eigenvalue weighted by atomic mass is 9.97. The highest BCUT2D eigenvalue weighted by molar-refractivity contribution is 7.71. The second-order valence-corrected chi connectivity index (χ2v) is 3.80. The number of nitriles is 1. The molecule has 0 aliphatic heterocycles. The predicted molar refractivity (Wildman–Crippen MR) is 55.7 cm³/mol. The molecule has 1 unspecified atom stereocenters. The zero-order valence-electron chi connectivity index (χ0n) is 8.23. The molecule has 0 aliphatic carbocycles. The largest absolute Gasteiger partial charge is 0.481 e. The fourth-order valence-corrected chi connectivity index (χ4v) is 1.62. The number of aromatic nitrogens is 2. The van der Waals surface area contributed by atoms with Crippen LogP contribution >= 0.6 is 12.2 Å². The first-order valence-corrected chi connectivity index (χ1v) is 4.80. The summed E-state index contributed by atoms with van der Waals surface area (Å²) in [4.78, 5) is 13.2. The molecular formula is C9H11N3O2S. The number of nitrogens with zero attached hydrogens (tertiary/aromatic N) is 2. The van der Waals surface area contributed by atoms with Crippen LogP contribution in [-0.2, 0) is 10.3 Å². The minimum absolute atomic E-state index is 0.0585. The highest BCUT2D eigenvalue weighted by Gasteiger charge is 2.27. The fraction of sp³-hybridized carbons (Fsp3) is 0.444. The van der Waals surface area contributed by atoms with E-state index >= 15 is 0 Å². The van der Waals surface area contributed by atoms with Gasteiger partial charge >= 0.3 is 5.97 Å². The van der Waals surface area contributed by atoms with Crippen LogP contribution in [0.25, 0.3) is 0 Å². The second-order valence-electron chi connectivity index (χ2n) is 3.41. The lowest BCUT2D eigenvalue weighted by Crippen LogP contribution is -2.28. The third-order valence-corrected chi connectivity index (χ3v) is 2.56. The number of aromatic amines is 1. The van der Waals surface area contributed by atoms with E-state index in [2.05, 4.69) is 11.1 Å². The number of carboxylic acids is 1. The van der Waals surface area contributed by atoms with E-state index in [1.54, 1.807) is 23.9 Å². The molecule has 80 valence electrons. The van der Waals surface area contributed by atoms with E-state index < -0.39 is 11.5 Å². The average Bonchev–Trinajstić information content (AvgIpc) is 2.61. The minimum Gasteiger partial charge on any atom is -0.481 e. The molecule has 0 aliphatic rings. The number of aliphatic carboxylic acids is 1.